The van der Waals surface area contributed by atoms with Gasteiger partial charge >= 0.3 is 0 Å². The van der Waals surface area contributed by atoms with E-state index in [1.807, 2.05) is 54.7 Å². The summed E-state index contributed by atoms with van der Waals surface area (Å²) in [7, 11) is 1.67. The van der Waals surface area contributed by atoms with E-state index in [2.05, 4.69) is 34.8 Å². The number of hydrogen-bond acceptors (Lipinski definition) is 6. The molecule has 0 amide bonds. The number of hydrogen-bond donors (Lipinski definition) is 1. The van der Waals surface area contributed by atoms with Crippen LogP contribution in [0.4, 0.5) is 11.5 Å². The number of nitrogens with two attached hydrogens (primary N) is 1. The molecule has 0 aliphatic carbocycles. The maximum Gasteiger partial charge on any atom is 0.237 e. The van der Waals surface area contributed by atoms with E-state index in [4.69, 9.17) is 37.0 Å². The third kappa shape index (κ3) is 5.70. The zero-order valence-corrected chi connectivity index (χ0v) is 21.4. The van der Waals surface area contributed by atoms with Crippen LogP contribution in [-0.4, -0.2) is 28.6 Å². The van der Waals surface area contributed by atoms with E-state index >= 15 is 0 Å². The van der Waals surface area contributed by atoms with Gasteiger partial charge in [-0.15, -0.1) is 0 Å². The van der Waals surface area contributed by atoms with E-state index in [1.165, 1.54) is 0 Å². The van der Waals surface area contributed by atoms with Gasteiger partial charge in [-0.05, 0) is 61.9 Å². The zero-order valence-electron chi connectivity index (χ0n) is 20.7. The molecule has 0 fully saturated rings. The van der Waals surface area contributed by atoms with E-state index in [0.29, 0.717) is 23.1 Å². The van der Waals surface area contributed by atoms with E-state index in [1.54, 1.807) is 18.0 Å². The van der Waals surface area contributed by atoms with Crippen LogP contribution in [0, 0.1) is 0 Å². The molecule has 2 N–H and O–H groups in total. The Hall–Kier alpha value is -4.43. The third-order valence-corrected chi connectivity index (χ3v) is 6.01. The van der Waals surface area contributed by atoms with Crippen molar-refractivity contribution < 1.29 is 19.2 Å². The van der Waals surface area contributed by atoms with Gasteiger partial charge in [-0.2, -0.15) is 9.67 Å². The molecule has 2 aromatic heterocycles. The Morgan fingerprint density at radius 1 is 1.14 bits per heavy atom. The lowest BCUT2D eigenvalue weighted by Crippen LogP contribution is -2.34. The average molecular weight is 516 g/mol. The van der Waals surface area contributed by atoms with Crippen molar-refractivity contribution in [3.63, 3.8) is 0 Å². The number of ether oxygens (including phenoxy) is 1. The predicted molar refractivity (Wildman–Crippen MR) is 142 cm³/mol. The number of carbonyl (C=O) groups excluding carboxylic acids is 1. The van der Waals surface area contributed by atoms with Gasteiger partial charge in [0.1, 0.15) is 23.0 Å². The number of carboxylic acids is 1. The van der Waals surface area contributed by atoms with Crippen molar-refractivity contribution in [2.75, 3.05) is 12.8 Å². The molecule has 4 aromatic rings. The summed E-state index contributed by atoms with van der Waals surface area (Å²) >= 11 is 5.99. The fraction of sp³-hybridized carbons (Fsp3) is 0.143. The van der Waals surface area contributed by atoms with Gasteiger partial charge < -0.3 is 20.4 Å². The SMILES string of the molecule is CC(=O)[O-].COc1ccc(C2=C(C)C(=Nc3cnn(Cc4ccc(Cl)cc4)c3N)c3cccc[n+]32)cc1. The summed E-state index contributed by atoms with van der Waals surface area (Å²) in [5.74, 6) is 0.258. The molecule has 0 saturated heterocycles. The van der Waals surface area contributed by atoms with Crippen LogP contribution in [0.3, 0.4) is 0 Å². The van der Waals surface area contributed by atoms with Crippen molar-refractivity contribution in [3.05, 3.63) is 107 Å². The first-order valence-corrected chi connectivity index (χ1v) is 11.9. The van der Waals surface area contributed by atoms with Gasteiger partial charge in [-0.3, -0.25) is 0 Å². The lowest BCUT2D eigenvalue weighted by Gasteiger charge is -2.05. The van der Waals surface area contributed by atoms with Crippen molar-refractivity contribution in [2.45, 2.75) is 20.4 Å². The molecule has 0 radical (unpaired) electrons. The largest absolute Gasteiger partial charge is 0.550 e. The Morgan fingerprint density at radius 3 is 2.46 bits per heavy atom. The molecule has 0 atom stereocenters. The van der Waals surface area contributed by atoms with Gasteiger partial charge in [0.15, 0.2) is 6.20 Å². The first-order valence-electron chi connectivity index (χ1n) is 11.5. The average Bonchev–Trinajstić information content (AvgIpc) is 3.37. The topological polar surface area (TPSA) is 109 Å². The summed E-state index contributed by atoms with van der Waals surface area (Å²) < 4.78 is 9.22. The van der Waals surface area contributed by atoms with Gasteiger partial charge in [0.25, 0.3) is 0 Å². The van der Waals surface area contributed by atoms with Gasteiger partial charge in [0, 0.05) is 28.7 Å². The second-order valence-electron chi connectivity index (χ2n) is 8.31. The third-order valence-electron chi connectivity index (χ3n) is 5.76. The summed E-state index contributed by atoms with van der Waals surface area (Å²) in [4.78, 5) is 13.8. The second kappa shape index (κ2) is 11.1. The quantitative estimate of drug-likeness (QED) is 0.408. The van der Waals surface area contributed by atoms with E-state index < -0.39 is 5.97 Å². The second-order valence-corrected chi connectivity index (χ2v) is 8.75. The smallest absolute Gasteiger partial charge is 0.237 e. The number of carboxylic acid groups (broad SMARTS) is 1. The van der Waals surface area contributed by atoms with Crippen molar-refractivity contribution in [1.29, 1.82) is 0 Å². The molecule has 3 heterocycles. The molecule has 1 aliphatic heterocycles. The van der Waals surface area contributed by atoms with Crippen LogP contribution in [0.2, 0.25) is 5.02 Å². The molecular weight excluding hydrogens is 490 g/mol. The van der Waals surface area contributed by atoms with Crippen LogP contribution in [0.15, 0.2) is 89.7 Å². The molecule has 0 saturated carbocycles. The maximum atomic E-state index is 8.89. The highest BCUT2D eigenvalue weighted by molar-refractivity contribution is 6.30. The highest BCUT2D eigenvalue weighted by Gasteiger charge is 2.34. The number of anilines is 1. The summed E-state index contributed by atoms with van der Waals surface area (Å²) in [6.45, 7) is 3.60. The predicted octanol–water partition coefficient (Wildman–Crippen LogP) is 3.63. The lowest BCUT2D eigenvalue weighted by molar-refractivity contribution is -0.577. The van der Waals surface area contributed by atoms with Crippen LogP contribution in [-0.2, 0) is 11.3 Å². The number of rotatable bonds is 5. The first kappa shape index (κ1) is 25.7. The zero-order chi connectivity index (χ0) is 26.5. The van der Waals surface area contributed by atoms with Gasteiger partial charge in [0.2, 0.25) is 11.4 Å². The van der Waals surface area contributed by atoms with Crippen LogP contribution in [0.25, 0.3) is 5.70 Å². The monoisotopic (exact) mass is 515 g/mol. The highest BCUT2D eigenvalue weighted by Crippen LogP contribution is 2.30. The van der Waals surface area contributed by atoms with E-state index in [-0.39, 0.29) is 0 Å². The summed E-state index contributed by atoms with van der Waals surface area (Å²) in [6.07, 6.45) is 3.76. The minimum Gasteiger partial charge on any atom is -0.550 e. The number of aromatic nitrogens is 3. The number of benzene rings is 2. The fourth-order valence-electron chi connectivity index (χ4n) is 4.04. The molecular formula is C28H26ClN5O3. The van der Waals surface area contributed by atoms with E-state index in [0.717, 1.165) is 46.5 Å². The van der Waals surface area contributed by atoms with Crippen molar-refractivity contribution >= 4 is 40.5 Å². The van der Waals surface area contributed by atoms with Crippen LogP contribution in [0.1, 0.15) is 30.7 Å². The number of methoxy groups -OCH3 is 1. The molecule has 8 nitrogen and oxygen atoms in total. The normalized spacial score (nSPS) is 13.2. The summed E-state index contributed by atoms with van der Waals surface area (Å²) in [5, 5.41) is 14.1. The number of aliphatic carboxylic acids is 1. The number of carbonyl (C=O) groups is 1. The first-order chi connectivity index (χ1) is 17.8. The van der Waals surface area contributed by atoms with Crippen molar-refractivity contribution in [2.24, 2.45) is 4.99 Å². The van der Waals surface area contributed by atoms with Crippen LogP contribution >= 0.6 is 11.6 Å². The van der Waals surface area contributed by atoms with Crippen LogP contribution in [0.5, 0.6) is 5.75 Å². The standard InChI is InChI=1S/C26H22ClN5O.C2H4O2/c1-17-24(30-22-15-29-32(26(22)28)16-18-6-10-20(27)11-7-18)23-5-3-4-14-31(23)25(17)19-8-12-21(33-2)13-9-19;1-2(3)4/h3-15,28H,16H2,1-2H3;1H3,(H,3,4). The minimum atomic E-state index is -1.08. The molecule has 2 aromatic carbocycles. The number of pyridine rings is 1. The number of halogens is 1. The molecule has 0 bridgehead atoms. The summed E-state index contributed by atoms with van der Waals surface area (Å²) in [5.41, 5.74) is 13.3. The molecule has 1 aliphatic rings. The Morgan fingerprint density at radius 2 is 1.81 bits per heavy atom. The highest BCUT2D eigenvalue weighted by atomic mass is 35.5. The number of nitrogens with zero attached hydrogens (tertiary/aromatic N) is 4. The lowest BCUT2D eigenvalue weighted by atomic mass is 10.1. The molecule has 9 heteroatoms. The van der Waals surface area contributed by atoms with Crippen molar-refractivity contribution in [3.8, 4) is 5.75 Å². The molecule has 188 valence electrons. The maximum absolute atomic E-state index is 8.89. The Balaban J connectivity index is 0.000000747. The Bertz CT molecular complexity index is 1490. The molecule has 5 rings (SSSR count). The molecule has 0 spiro atoms. The fourth-order valence-corrected chi connectivity index (χ4v) is 4.17. The number of aliphatic imine (C=N–C) groups is 1. The van der Waals surface area contributed by atoms with Gasteiger partial charge in [0.05, 0.1) is 25.4 Å². The number of nitrogen functional groups attached to an aromatic ring is 1. The molecule has 37 heavy (non-hydrogen) atoms. The number of allylic oxidation sites excluding steroid dienone is 1. The van der Waals surface area contributed by atoms with Crippen LogP contribution < -0.4 is 20.1 Å². The Labute approximate surface area is 219 Å². The van der Waals surface area contributed by atoms with E-state index in [9.17, 15) is 0 Å². The Kier molecular flexibility index (Phi) is 7.69. The minimum absolute atomic E-state index is 0.519. The summed E-state index contributed by atoms with van der Waals surface area (Å²) in [6, 6.07) is 21.8. The number of fused-ring (bicyclic) bond motifs is 1. The molecule has 0 unspecified atom stereocenters. The van der Waals surface area contributed by atoms with Crippen molar-refractivity contribution in [1.82, 2.24) is 9.78 Å². The van der Waals surface area contributed by atoms with Gasteiger partial charge in [-0.25, -0.2) is 9.67 Å². The van der Waals surface area contributed by atoms with Gasteiger partial charge in [-0.1, -0.05) is 23.7 Å².